The molecule has 0 radical (unpaired) electrons. The second kappa shape index (κ2) is 7.97. The fourth-order valence-electron chi connectivity index (χ4n) is 3.31. The largest absolute Gasteiger partial charge is 0.274 e. The molecule has 1 aliphatic rings. The molecule has 0 fully saturated rings. The van der Waals surface area contributed by atoms with Crippen LogP contribution in [0.4, 0.5) is 5.69 Å². The standard InChI is InChI=1S/C22H16BrN3O3/c23-18-10-6-15(7-11-18)20-14-21(16-8-12-19(13-9-16)26(28)29)25(24-20)22(27)17-4-2-1-3-5-17/h1-13,21H,14H2/t21-/m1/s1. The molecule has 1 atom stereocenters. The van der Waals surface area contributed by atoms with Crippen molar-refractivity contribution in [2.75, 3.05) is 0 Å². The molecule has 6 nitrogen and oxygen atoms in total. The van der Waals surface area contributed by atoms with E-state index in [4.69, 9.17) is 0 Å². The summed E-state index contributed by atoms with van der Waals surface area (Å²) in [5, 5.41) is 17.1. The summed E-state index contributed by atoms with van der Waals surface area (Å²) in [6.45, 7) is 0. The smallest absolute Gasteiger partial charge is 0.267 e. The monoisotopic (exact) mass is 449 g/mol. The summed E-state index contributed by atoms with van der Waals surface area (Å²) in [5.41, 5.74) is 3.09. The van der Waals surface area contributed by atoms with Gasteiger partial charge in [-0.2, -0.15) is 5.10 Å². The van der Waals surface area contributed by atoms with Crippen LogP contribution in [0.2, 0.25) is 0 Å². The number of hydrazone groups is 1. The molecule has 7 heteroatoms. The van der Waals surface area contributed by atoms with Gasteiger partial charge in [0.25, 0.3) is 11.6 Å². The number of carbonyl (C=O) groups excluding carboxylic acids is 1. The molecule has 1 aliphatic heterocycles. The van der Waals surface area contributed by atoms with Crippen LogP contribution in [0.3, 0.4) is 0 Å². The first-order valence-electron chi connectivity index (χ1n) is 8.99. The number of rotatable bonds is 4. The molecule has 0 saturated carbocycles. The van der Waals surface area contributed by atoms with Crippen LogP contribution in [0.15, 0.2) is 88.4 Å². The molecule has 0 spiro atoms. The number of carbonyl (C=O) groups is 1. The fraction of sp³-hybridized carbons (Fsp3) is 0.0909. The Kier molecular flexibility index (Phi) is 5.22. The maximum absolute atomic E-state index is 13.1. The van der Waals surface area contributed by atoms with Gasteiger partial charge in [0.05, 0.1) is 16.7 Å². The summed E-state index contributed by atoms with van der Waals surface area (Å²) >= 11 is 3.43. The summed E-state index contributed by atoms with van der Waals surface area (Å²) in [4.78, 5) is 23.7. The van der Waals surface area contributed by atoms with E-state index in [-0.39, 0.29) is 17.6 Å². The summed E-state index contributed by atoms with van der Waals surface area (Å²) in [7, 11) is 0. The average Bonchev–Trinajstić information content (AvgIpc) is 3.20. The van der Waals surface area contributed by atoms with Gasteiger partial charge in [0.2, 0.25) is 0 Å². The molecule has 0 aliphatic carbocycles. The fourth-order valence-corrected chi connectivity index (χ4v) is 3.57. The third kappa shape index (κ3) is 3.95. The third-order valence-electron chi connectivity index (χ3n) is 4.81. The van der Waals surface area contributed by atoms with Crippen molar-refractivity contribution in [1.82, 2.24) is 5.01 Å². The van der Waals surface area contributed by atoms with Crippen LogP contribution in [0.25, 0.3) is 0 Å². The quantitative estimate of drug-likeness (QED) is 0.397. The lowest BCUT2D eigenvalue weighted by atomic mass is 9.98. The molecule has 1 amide bonds. The minimum absolute atomic E-state index is 0.0155. The highest BCUT2D eigenvalue weighted by Crippen LogP contribution is 2.34. The summed E-state index contributed by atoms with van der Waals surface area (Å²) in [6, 6.07) is 22.7. The number of benzene rings is 3. The molecule has 4 rings (SSSR count). The second-order valence-corrected chi connectivity index (χ2v) is 7.55. The van der Waals surface area contributed by atoms with E-state index in [1.165, 1.54) is 17.1 Å². The molecule has 0 aromatic heterocycles. The lowest BCUT2D eigenvalue weighted by Crippen LogP contribution is -2.27. The van der Waals surface area contributed by atoms with Crippen molar-refractivity contribution in [2.45, 2.75) is 12.5 Å². The number of nitro benzene ring substituents is 1. The Labute approximate surface area is 175 Å². The Balaban J connectivity index is 1.71. The molecule has 144 valence electrons. The van der Waals surface area contributed by atoms with Crippen molar-refractivity contribution < 1.29 is 9.72 Å². The van der Waals surface area contributed by atoms with Gasteiger partial charge in [0, 0.05) is 28.6 Å². The van der Waals surface area contributed by atoms with Crippen molar-refractivity contribution in [2.24, 2.45) is 5.10 Å². The predicted molar refractivity (Wildman–Crippen MR) is 114 cm³/mol. The van der Waals surface area contributed by atoms with E-state index in [0.717, 1.165) is 21.3 Å². The first-order chi connectivity index (χ1) is 14.0. The topological polar surface area (TPSA) is 75.8 Å². The van der Waals surface area contributed by atoms with Crippen molar-refractivity contribution in [1.29, 1.82) is 0 Å². The number of non-ortho nitro benzene ring substituents is 1. The number of amides is 1. The molecule has 0 unspecified atom stereocenters. The Morgan fingerprint density at radius 2 is 1.66 bits per heavy atom. The molecule has 3 aromatic carbocycles. The minimum Gasteiger partial charge on any atom is -0.267 e. The van der Waals surface area contributed by atoms with Crippen LogP contribution in [0.1, 0.15) is 33.9 Å². The molecule has 0 bridgehead atoms. The van der Waals surface area contributed by atoms with E-state index in [0.29, 0.717) is 12.0 Å². The van der Waals surface area contributed by atoms with Crippen molar-refractivity contribution in [3.8, 4) is 0 Å². The molecule has 29 heavy (non-hydrogen) atoms. The van der Waals surface area contributed by atoms with E-state index < -0.39 is 4.92 Å². The first kappa shape index (κ1) is 19.0. The van der Waals surface area contributed by atoms with E-state index in [2.05, 4.69) is 21.0 Å². The van der Waals surface area contributed by atoms with Gasteiger partial charge in [0.1, 0.15) is 0 Å². The summed E-state index contributed by atoms with van der Waals surface area (Å²) in [5.74, 6) is -0.207. The van der Waals surface area contributed by atoms with Crippen molar-refractivity contribution in [3.63, 3.8) is 0 Å². The Bertz CT molecular complexity index is 1080. The first-order valence-corrected chi connectivity index (χ1v) is 9.78. The molecule has 3 aromatic rings. The number of nitro groups is 1. The second-order valence-electron chi connectivity index (χ2n) is 6.64. The predicted octanol–water partition coefficient (Wildman–Crippen LogP) is 5.35. The Morgan fingerprint density at radius 1 is 1.00 bits per heavy atom. The van der Waals surface area contributed by atoms with E-state index in [1.807, 2.05) is 42.5 Å². The highest BCUT2D eigenvalue weighted by Gasteiger charge is 2.33. The number of nitrogens with zero attached hydrogens (tertiary/aromatic N) is 3. The zero-order chi connectivity index (χ0) is 20.4. The SMILES string of the molecule is O=C(c1ccccc1)N1N=C(c2ccc(Br)cc2)C[C@@H]1c1ccc([N+](=O)[O-])cc1. The lowest BCUT2D eigenvalue weighted by molar-refractivity contribution is -0.384. The molecule has 0 N–H and O–H groups in total. The lowest BCUT2D eigenvalue weighted by Gasteiger charge is -2.22. The summed E-state index contributed by atoms with van der Waals surface area (Å²) in [6.07, 6.45) is 0.526. The highest BCUT2D eigenvalue weighted by atomic mass is 79.9. The van der Waals surface area contributed by atoms with Gasteiger partial charge in [-0.3, -0.25) is 14.9 Å². The van der Waals surface area contributed by atoms with Crippen LogP contribution >= 0.6 is 15.9 Å². The van der Waals surface area contributed by atoms with Gasteiger partial charge in [-0.05, 0) is 35.4 Å². The number of halogens is 1. The van der Waals surface area contributed by atoms with Crippen LogP contribution in [0, 0.1) is 10.1 Å². The Hall–Kier alpha value is -3.32. The third-order valence-corrected chi connectivity index (χ3v) is 5.33. The summed E-state index contributed by atoms with van der Waals surface area (Å²) < 4.78 is 0.962. The van der Waals surface area contributed by atoms with Gasteiger partial charge in [-0.25, -0.2) is 5.01 Å². The molecular weight excluding hydrogens is 434 g/mol. The normalized spacial score (nSPS) is 15.8. The van der Waals surface area contributed by atoms with E-state index >= 15 is 0 Å². The molecule has 1 heterocycles. The molecular formula is C22H16BrN3O3. The number of hydrogen-bond acceptors (Lipinski definition) is 4. The van der Waals surface area contributed by atoms with Gasteiger partial charge in [0.15, 0.2) is 0 Å². The van der Waals surface area contributed by atoms with Gasteiger partial charge >= 0.3 is 0 Å². The average molecular weight is 450 g/mol. The zero-order valence-electron chi connectivity index (χ0n) is 15.2. The minimum atomic E-state index is -0.435. The molecule has 0 saturated heterocycles. The van der Waals surface area contributed by atoms with E-state index in [1.54, 1.807) is 24.3 Å². The zero-order valence-corrected chi connectivity index (χ0v) is 16.8. The van der Waals surface area contributed by atoms with Gasteiger partial charge in [-0.15, -0.1) is 0 Å². The van der Waals surface area contributed by atoms with Crippen molar-refractivity contribution >= 4 is 33.2 Å². The van der Waals surface area contributed by atoms with Crippen LogP contribution in [-0.2, 0) is 0 Å². The Morgan fingerprint density at radius 3 is 2.28 bits per heavy atom. The highest BCUT2D eigenvalue weighted by molar-refractivity contribution is 9.10. The van der Waals surface area contributed by atoms with Crippen LogP contribution in [0.5, 0.6) is 0 Å². The van der Waals surface area contributed by atoms with Gasteiger partial charge in [-0.1, -0.05) is 58.4 Å². The maximum Gasteiger partial charge on any atom is 0.274 e. The number of hydrogen-bond donors (Lipinski definition) is 0. The van der Waals surface area contributed by atoms with Crippen LogP contribution in [-0.4, -0.2) is 21.6 Å². The maximum atomic E-state index is 13.1. The van der Waals surface area contributed by atoms with Crippen LogP contribution < -0.4 is 0 Å². The van der Waals surface area contributed by atoms with E-state index in [9.17, 15) is 14.9 Å². The van der Waals surface area contributed by atoms with Gasteiger partial charge < -0.3 is 0 Å². The van der Waals surface area contributed by atoms with Crippen molar-refractivity contribution in [3.05, 3.63) is 110 Å².